The molecule has 8 aromatic rings. The number of hydrogen-bond donors (Lipinski definition) is 0. The molecular formula is C48H31N. The molecule has 10 rings (SSSR count). The lowest BCUT2D eigenvalue weighted by Crippen LogP contribution is -2.09. The normalized spacial score (nSPS) is 11.7. The van der Waals surface area contributed by atoms with Crippen molar-refractivity contribution in [1.29, 1.82) is 0 Å². The van der Waals surface area contributed by atoms with Gasteiger partial charge in [-0.25, -0.2) is 0 Å². The van der Waals surface area contributed by atoms with Gasteiger partial charge in [-0.1, -0.05) is 146 Å². The molecule has 1 nitrogen and oxygen atoms in total. The maximum Gasteiger partial charge on any atom is 0.0467 e. The van der Waals surface area contributed by atoms with Crippen LogP contribution in [0.2, 0.25) is 0 Å². The van der Waals surface area contributed by atoms with E-state index in [0.29, 0.717) is 0 Å². The minimum Gasteiger partial charge on any atom is -0.310 e. The first kappa shape index (κ1) is 27.7. The molecule has 0 saturated heterocycles. The van der Waals surface area contributed by atoms with Crippen molar-refractivity contribution < 1.29 is 0 Å². The zero-order valence-corrected chi connectivity index (χ0v) is 26.8. The summed E-state index contributed by atoms with van der Waals surface area (Å²) in [5, 5.41) is 0. The molecule has 228 valence electrons. The molecule has 2 aliphatic rings. The number of fused-ring (bicyclic) bond motifs is 4. The number of hydrogen-bond acceptors (Lipinski definition) is 1. The van der Waals surface area contributed by atoms with Gasteiger partial charge >= 0.3 is 0 Å². The predicted octanol–water partition coefficient (Wildman–Crippen LogP) is 13.5. The second-order valence-electron chi connectivity index (χ2n) is 12.9. The Labute approximate surface area is 287 Å². The van der Waals surface area contributed by atoms with Crippen molar-refractivity contribution in [3.63, 3.8) is 0 Å². The highest BCUT2D eigenvalue weighted by Crippen LogP contribution is 2.57. The topological polar surface area (TPSA) is 3.24 Å². The lowest BCUT2D eigenvalue weighted by atomic mass is 9.82. The van der Waals surface area contributed by atoms with E-state index in [1.165, 1.54) is 77.9 Å². The summed E-state index contributed by atoms with van der Waals surface area (Å²) in [6, 6.07) is 68.7. The average Bonchev–Trinajstić information content (AvgIpc) is 3.28. The van der Waals surface area contributed by atoms with Crippen LogP contribution in [-0.4, -0.2) is 0 Å². The summed E-state index contributed by atoms with van der Waals surface area (Å²) in [6.45, 7) is 0. The van der Waals surface area contributed by atoms with E-state index in [1.807, 2.05) is 0 Å². The number of anilines is 3. The first-order chi connectivity index (χ1) is 24.3. The maximum absolute atomic E-state index is 2.42. The summed E-state index contributed by atoms with van der Waals surface area (Å²) in [5.41, 5.74) is 21.3. The van der Waals surface area contributed by atoms with Gasteiger partial charge in [-0.2, -0.15) is 0 Å². The van der Waals surface area contributed by atoms with Crippen LogP contribution < -0.4 is 4.90 Å². The Kier molecular flexibility index (Phi) is 6.25. The highest BCUT2D eigenvalue weighted by molar-refractivity contribution is 6.15. The molecular weight excluding hydrogens is 591 g/mol. The van der Waals surface area contributed by atoms with E-state index < -0.39 is 0 Å². The second-order valence-corrected chi connectivity index (χ2v) is 12.9. The fourth-order valence-corrected chi connectivity index (χ4v) is 7.97. The van der Waals surface area contributed by atoms with E-state index in [4.69, 9.17) is 0 Å². The molecule has 6 bridgehead atoms. The van der Waals surface area contributed by atoms with Crippen LogP contribution in [-0.2, 0) is 0 Å². The molecule has 0 aromatic heterocycles. The molecule has 1 heteroatoms. The number of para-hydroxylation sites is 1. The molecule has 8 aromatic carbocycles. The van der Waals surface area contributed by atoms with Crippen molar-refractivity contribution in [2.24, 2.45) is 0 Å². The van der Waals surface area contributed by atoms with E-state index >= 15 is 0 Å². The van der Waals surface area contributed by atoms with Crippen molar-refractivity contribution in [3.05, 3.63) is 188 Å². The largest absolute Gasteiger partial charge is 0.310 e. The zero-order valence-electron chi connectivity index (χ0n) is 26.8. The van der Waals surface area contributed by atoms with Gasteiger partial charge in [0.05, 0.1) is 0 Å². The van der Waals surface area contributed by atoms with Gasteiger partial charge in [0.25, 0.3) is 0 Å². The molecule has 0 amide bonds. The molecule has 0 heterocycles. The quantitative estimate of drug-likeness (QED) is 0.185. The van der Waals surface area contributed by atoms with E-state index in [-0.39, 0.29) is 0 Å². The first-order valence-corrected chi connectivity index (χ1v) is 16.9. The third-order valence-corrected chi connectivity index (χ3v) is 10.2. The Morgan fingerprint density at radius 2 is 0.653 bits per heavy atom. The smallest absolute Gasteiger partial charge is 0.0467 e. The Morgan fingerprint density at radius 1 is 0.224 bits per heavy atom. The van der Waals surface area contributed by atoms with Crippen LogP contribution in [0.4, 0.5) is 17.1 Å². The first-order valence-electron chi connectivity index (χ1n) is 16.9. The Balaban J connectivity index is 1.12. The van der Waals surface area contributed by atoms with E-state index in [1.54, 1.807) is 0 Å². The molecule has 0 unspecified atom stereocenters. The van der Waals surface area contributed by atoms with Crippen molar-refractivity contribution in [1.82, 2.24) is 0 Å². The van der Waals surface area contributed by atoms with E-state index in [0.717, 1.165) is 17.1 Å². The third-order valence-electron chi connectivity index (χ3n) is 10.2. The van der Waals surface area contributed by atoms with Crippen LogP contribution in [0, 0.1) is 0 Å². The molecule has 0 aliphatic heterocycles. The maximum atomic E-state index is 2.42. The van der Waals surface area contributed by atoms with E-state index in [9.17, 15) is 0 Å². The average molecular weight is 622 g/mol. The molecule has 0 N–H and O–H groups in total. The number of rotatable bonds is 5. The molecule has 0 saturated carbocycles. The van der Waals surface area contributed by atoms with Gasteiger partial charge in [0.2, 0.25) is 0 Å². The van der Waals surface area contributed by atoms with Crippen LogP contribution in [0.1, 0.15) is 0 Å². The molecule has 49 heavy (non-hydrogen) atoms. The monoisotopic (exact) mass is 621 g/mol. The minimum atomic E-state index is 1.12. The highest BCUT2D eigenvalue weighted by atomic mass is 15.1. The van der Waals surface area contributed by atoms with Gasteiger partial charge in [0.15, 0.2) is 0 Å². The van der Waals surface area contributed by atoms with Crippen LogP contribution >= 0.6 is 0 Å². The van der Waals surface area contributed by atoms with Gasteiger partial charge < -0.3 is 4.90 Å². The van der Waals surface area contributed by atoms with Gasteiger partial charge in [0, 0.05) is 17.1 Å². The Bertz CT molecular complexity index is 2510. The van der Waals surface area contributed by atoms with Crippen molar-refractivity contribution in [2.75, 3.05) is 4.90 Å². The van der Waals surface area contributed by atoms with Crippen molar-refractivity contribution in [2.45, 2.75) is 0 Å². The molecule has 0 atom stereocenters. The number of benzene rings is 8. The summed E-state index contributed by atoms with van der Waals surface area (Å²) in [6.07, 6.45) is 0. The van der Waals surface area contributed by atoms with Gasteiger partial charge in [-0.3, -0.25) is 0 Å². The van der Waals surface area contributed by atoms with Crippen LogP contribution in [0.25, 0.3) is 77.9 Å². The summed E-state index contributed by atoms with van der Waals surface area (Å²) < 4.78 is 0. The van der Waals surface area contributed by atoms with Gasteiger partial charge in [-0.05, 0) is 120 Å². The Morgan fingerprint density at radius 3 is 1.37 bits per heavy atom. The molecule has 2 aliphatic carbocycles. The second kappa shape index (κ2) is 11.1. The third kappa shape index (κ3) is 4.40. The van der Waals surface area contributed by atoms with Crippen LogP contribution in [0.3, 0.4) is 0 Å². The molecule has 0 radical (unpaired) electrons. The fraction of sp³-hybridized carbons (Fsp3) is 0. The van der Waals surface area contributed by atoms with Crippen LogP contribution in [0.15, 0.2) is 188 Å². The minimum absolute atomic E-state index is 1.12. The summed E-state index contributed by atoms with van der Waals surface area (Å²) in [5.74, 6) is 0. The SMILES string of the molecule is c1ccc(-c2ccc(N(c3ccccc3)c3cccc(-c4ccc5c(c4)-c4c6cccc4-c4cccc-5c4-c4ccccc4-6)c3)cc2)cc1. The lowest BCUT2D eigenvalue weighted by Gasteiger charge is -2.26. The highest BCUT2D eigenvalue weighted by Gasteiger charge is 2.30. The van der Waals surface area contributed by atoms with Gasteiger partial charge in [-0.15, -0.1) is 0 Å². The van der Waals surface area contributed by atoms with Crippen LogP contribution in [0.5, 0.6) is 0 Å². The van der Waals surface area contributed by atoms with Crippen molar-refractivity contribution in [3.8, 4) is 77.9 Å². The van der Waals surface area contributed by atoms with E-state index in [2.05, 4.69) is 193 Å². The Hall–Kier alpha value is -6.44. The fourth-order valence-electron chi connectivity index (χ4n) is 7.97. The standard InChI is InChI=1S/C48H31N/c1-3-12-32(13-4-1)33-24-27-37(28-25-33)49(36-15-5-2-6-16-36)38-17-9-14-34(30-38)35-26-29-40-43-21-11-22-44-45-23-10-20-42(48(45)46(40)31-35)39-18-7-8-19-41(39)47(43)44/h1-31H. The summed E-state index contributed by atoms with van der Waals surface area (Å²) >= 11 is 0. The lowest BCUT2D eigenvalue weighted by molar-refractivity contribution is 1.28. The summed E-state index contributed by atoms with van der Waals surface area (Å²) in [4.78, 5) is 2.35. The molecule has 0 fully saturated rings. The zero-order chi connectivity index (χ0) is 32.3. The van der Waals surface area contributed by atoms with Gasteiger partial charge in [0.1, 0.15) is 0 Å². The predicted molar refractivity (Wildman–Crippen MR) is 206 cm³/mol. The molecule has 0 spiro atoms. The summed E-state index contributed by atoms with van der Waals surface area (Å²) in [7, 11) is 0. The number of nitrogens with zero attached hydrogens (tertiary/aromatic N) is 1. The van der Waals surface area contributed by atoms with Crippen molar-refractivity contribution >= 4 is 17.1 Å².